The van der Waals surface area contributed by atoms with Crippen molar-refractivity contribution in [2.45, 2.75) is 13.5 Å². The number of nitrogens with zero attached hydrogens (tertiary/aromatic N) is 3. The molecule has 1 amide bonds. The van der Waals surface area contributed by atoms with Crippen LogP contribution in [0.4, 0.5) is 0 Å². The van der Waals surface area contributed by atoms with E-state index < -0.39 is 0 Å². The van der Waals surface area contributed by atoms with Gasteiger partial charge >= 0.3 is 0 Å². The van der Waals surface area contributed by atoms with Gasteiger partial charge in [-0.25, -0.2) is 4.68 Å². The van der Waals surface area contributed by atoms with Crippen molar-refractivity contribution in [3.63, 3.8) is 0 Å². The first kappa shape index (κ1) is 24.8. The molecule has 4 aromatic rings. The van der Waals surface area contributed by atoms with Gasteiger partial charge in [-0.1, -0.05) is 72.0 Å². The Hall–Kier alpha value is -3.88. The summed E-state index contributed by atoms with van der Waals surface area (Å²) in [6, 6.07) is 23.6. The maximum absolute atomic E-state index is 13.4. The number of thioether (sulfide) groups is 1. The van der Waals surface area contributed by atoms with Gasteiger partial charge in [0.2, 0.25) is 0 Å². The second-order valence-corrected chi connectivity index (χ2v) is 10.2. The van der Waals surface area contributed by atoms with E-state index in [0.717, 1.165) is 22.4 Å². The number of aromatic nitrogens is 2. The van der Waals surface area contributed by atoms with Crippen LogP contribution in [0.5, 0.6) is 11.5 Å². The fraction of sp³-hybridized carbons (Fsp3) is 0.138. The molecular weight excluding hydrogens is 502 g/mol. The van der Waals surface area contributed by atoms with Crippen LogP contribution in [0.25, 0.3) is 23.0 Å². The minimum atomic E-state index is -0.110. The molecule has 0 N–H and O–H groups in total. The minimum Gasteiger partial charge on any atom is -0.493 e. The normalized spacial score (nSPS) is 14.5. The Labute approximate surface area is 225 Å². The smallest absolute Gasteiger partial charge is 0.266 e. The van der Waals surface area contributed by atoms with Gasteiger partial charge in [-0.2, -0.15) is 5.10 Å². The topological polar surface area (TPSA) is 56.6 Å². The predicted octanol–water partition coefficient (Wildman–Crippen LogP) is 6.27. The number of thiocarbonyl (C=S) groups is 1. The molecule has 3 aromatic carbocycles. The Morgan fingerprint density at radius 2 is 1.70 bits per heavy atom. The average molecular weight is 528 g/mol. The quantitative estimate of drug-likeness (QED) is 0.209. The van der Waals surface area contributed by atoms with E-state index in [2.05, 4.69) is 0 Å². The van der Waals surface area contributed by atoms with Crippen LogP contribution in [0.15, 0.2) is 83.9 Å². The summed E-state index contributed by atoms with van der Waals surface area (Å²) in [6.07, 6.45) is 3.79. The summed E-state index contributed by atoms with van der Waals surface area (Å²) in [5.41, 5.74) is 5.48. The number of para-hydroxylation sites is 1. The number of hydrogen-bond donors (Lipinski definition) is 0. The number of carbonyl (C=O) groups excluding carboxylic acids is 1. The van der Waals surface area contributed by atoms with Crippen LogP contribution in [0.1, 0.15) is 16.7 Å². The Bertz CT molecular complexity index is 1490. The van der Waals surface area contributed by atoms with Gasteiger partial charge in [0.05, 0.1) is 31.4 Å². The first-order valence-corrected chi connectivity index (χ1v) is 12.9. The highest BCUT2D eigenvalue weighted by atomic mass is 32.2. The number of amides is 1. The molecule has 186 valence electrons. The van der Waals surface area contributed by atoms with Crippen molar-refractivity contribution >= 4 is 40.3 Å². The summed E-state index contributed by atoms with van der Waals surface area (Å²) < 4.78 is 13.3. The van der Waals surface area contributed by atoms with Crippen LogP contribution < -0.4 is 9.47 Å². The summed E-state index contributed by atoms with van der Waals surface area (Å²) in [5.74, 6) is 1.12. The minimum absolute atomic E-state index is 0.110. The Morgan fingerprint density at radius 3 is 2.41 bits per heavy atom. The number of rotatable bonds is 7. The van der Waals surface area contributed by atoms with Crippen molar-refractivity contribution in [1.82, 2.24) is 14.7 Å². The van der Waals surface area contributed by atoms with E-state index >= 15 is 0 Å². The lowest BCUT2D eigenvalue weighted by Crippen LogP contribution is -2.27. The Kier molecular flexibility index (Phi) is 7.12. The Balaban J connectivity index is 1.54. The lowest BCUT2D eigenvalue weighted by atomic mass is 10.1. The van der Waals surface area contributed by atoms with E-state index in [4.69, 9.17) is 26.8 Å². The lowest BCUT2D eigenvalue weighted by Gasteiger charge is -2.14. The zero-order valence-corrected chi connectivity index (χ0v) is 22.3. The van der Waals surface area contributed by atoms with Crippen LogP contribution >= 0.6 is 24.0 Å². The van der Waals surface area contributed by atoms with Crippen molar-refractivity contribution < 1.29 is 14.3 Å². The molecule has 37 heavy (non-hydrogen) atoms. The summed E-state index contributed by atoms with van der Waals surface area (Å²) in [5, 5.41) is 4.87. The van der Waals surface area contributed by atoms with Crippen LogP contribution in [0.2, 0.25) is 0 Å². The molecule has 6 nitrogen and oxygen atoms in total. The number of methoxy groups -OCH3 is 2. The molecule has 1 saturated heterocycles. The number of aryl methyl sites for hydroxylation is 1. The zero-order valence-electron chi connectivity index (χ0n) is 20.7. The highest BCUT2D eigenvalue weighted by molar-refractivity contribution is 8.26. The molecule has 0 bridgehead atoms. The third-order valence-corrected chi connectivity index (χ3v) is 7.42. The molecule has 2 heterocycles. The van der Waals surface area contributed by atoms with Gasteiger partial charge in [0, 0.05) is 17.3 Å². The third-order valence-electron chi connectivity index (χ3n) is 6.04. The first-order valence-electron chi connectivity index (χ1n) is 11.6. The summed E-state index contributed by atoms with van der Waals surface area (Å²) in [4.78, 5) is 15.6. The van der Waals surface area contributed by atoms with E-state index in [1.807, 2.05) is 96.7 Å². The van der Waals surface area contributed by atoms with Gasteiger partial charge in [-0.05, 0) is 48.9 Å². The number of hydrogen-bond acceptors (Lipinski definition) is 6. The second kappa shape index (κ2) is 10.6. The summed E-state index contributed by atoms with van der Waals surface area (Å²) in [6.45, 7) is 2.48. The molecule has 1 aliphatic rings. The molecule has 8 heteroatoms. The maximum Gasteiger partial charge on any atom is 0.266 e. The fourth-order valence-electron chi connectivity index (χ4n) is 4.07. The standard InChI is InChI=1S/C29H25N3O3S2/c1-19-9-11-20(12-10-19)17-31-28(33)26(37-29(31)36)16-22-18-32(23-7-5-4-6-8-23)30-27(22)21-13-14-24(34-2)25(15-21)35-3/h4-16,18H,17H2,1-3H3. The molecule has 1 fully saturated rings. The van der Waals surface area contributed by atoms with E-state index in [1.165, 1.54) is 17.3 Å². The highest BCUT2D eigenvalue weighted by Crippen LogP contribution is 2.37. The monoisotopic (exact) mass is 527 g/mol. The van der Waals surface area contributed by atoms with E-state index in [-0.39, 0.29) is 5.91 Å². The molecule has 0 unspecified atom stereocenters. The molecule has 1 aromatic heterocycles. The zero-order chi connectivity index (χ0) is 25.9. The van der Waals surface area contributed by atoms with Crippen LogP contribution in [0.3, 0.4) is 0 Å². The average Bonchev–Trinajstić information content (AvgIpc) is 3.46. The van der Waals surface area contributed by atoms with Crippen LogP contribution in [-0.2, 0) is 11.3 Å². The number of carbonyl (C=O) groups is 1. The largest absolute Gasteiger partial charge is 0.493 e. The third kappa shape index (κ3) is 5.16. The van der Waals surface area contributed by atoms with Gasteiger partial charge < -0.3 is 9.47 Å². The molecule has 0 aliphatic carbocycles. The van der Waals surface area contributed by atoms with Crippen LogP contribution in [-0.4, -0.2) is 39.1 Å². The van der Waals surface area contributed by atoms with E-state index in [1.54, 1.807) is 19.1 Å². The first-order chi connectivity index (χ1) is 18.0. The molecular formula is C29H25N3O3S2. The molecule has 0 atom stereocenters. The fourth-order valence-corrected chi connectivity index (χ4v) is 5.31. The van der Waals surface area contributed by atoms with Gasteiger partial charge in [-0.15, -0.1) is 0 Å². The van der Waals surface area contributed by atoms with Crippen LogP contribution in [0, 0.1) is 6.92 Å². The van der Waals surface area contributed by atoms with Crippen molar-refractivity contribution in [2.75, 3.05) is 14.2 Å². The van der Waals surface area contributed by atoms with E-state index in [9.17, 15) is 4.79 Å². The SMILES string of the molecule is COc1ccc(-c2nn(-c3ccccc3)cc2C=C2SC(=S)N(Cc3ccc(C)cc3)C2=O)cc1OC. The van der Waals surface area contributed by atoms with Gasteiger partial charge in [-0.3, -0.25) is 9.69 Å². The predicted molar refractivity (Wildman–Crippen MR) is 152 cm³/mol. The van der Waals surface area contributed by atoms with Gasteiger partial charge in [0.25, 0.3) is 5.91 Å². The highest BCUT2D eigenvalue weighted by Gasteiger charge is 2.32. The maximum atomic E-state index is 13.4. The lowest BCUT2D eigenvalue weighted by molar-refractivity contribution is -0.122. The molecule has 1 aliphatic heterocycles. The number of ether oxygens (including phenoxy) is 2. The summed E-state index contributed by atoms with van der Waals surface area (Å²) in [7, 11) is 3.20. The molecule has 5 rings (SSSR count). The van der Waals surface area contributed by atoms with Crippen molar-refractivity contribution in [3.8, 4) is 28.4 Å². The van der Waals surface area contributed by atoms with Gasteiger partial charge in [0.1, 0.15) is 10.0 Å². The van der Waals surface area contributed by atoms with Crippen molar-refractivity contribution in [2.24, 2.45) is 0 Å². The van der Waals surface area contributed by atoms with Crippen molar-refractivity contribution in [1.29, 1.82) is 0 Å². The van der Waals surface area contributed by atoms with Crippen molar-refractivity contribution in [3.05, 3.63) is 101 Å². The Morgan fingerprint density at radius 1 is 0.973 bits per heavy atom. The molecule has 0 radical (unpaired) electrons. The summed E-state index contributed by atoms with van der Waals surface area (Å²) >= 11 is 6.89. The number of benzene rings is 3. The molecule has 0 saturated carbocycles. The van der Waals surface area contributed by atoms with Gasteiger partial charge in [0.15, 0.2) is 11.5 Å². The molecule has 0 spiro atoms. The van der Waals surface area contributed by atoms with E-state index in [0.29, 0.717) is 33.0 Å². The second-order valence-electron chi connectivity index (χ2n) is 8.54.